The predicted octanol–water partition coefficient (Wildman–Crippen LogP) is 2.86. The third-order valence-corrected chi connectivity index (χ3v) is 3.40. The van der Waals surface area contributed by atoms with Gasteiger partial charge in [0.1, 0.15) is 0 Å². The van der Waals surface area contributed by atoms with E-state index in [0.29, 0.717) is 11.8 Å². The van der Waals surface area contributed by atoms with Crippen LogP contribution in [0.2, 0.25) is 0 Å². The first-order chi connectivity index (χ1) is 6.84. The molecule has 0 aromatic heterocycles. The van der Waals surface area contributed by atoms with Crippen LogP contribution in [0.4, 0.5) is 0 Å². The van der Waals surface area contributed by atoms with Gasteiger partial charge in [-0.25, -0.2) is 0 Å². The lowest BCUT2D eigenvalue weighted by atomic mass is 9.89. The van der Waals surface area contributed by atoms with Crippen LogP contribution < -0.4 is 5.32 Å². The number of halogens is 1. The number of carbonyl (C=O) groups is 1. The first-order valence-electron chi connectivity index (χ1n) is 5.68. The molecule has 0 bridgehead atoms. The van der Waals surface area contributed by atoms with Gasteiger partial charge in [-0.05, 0) is 25.7 Å². The summed E-state index contributed by atoms with van der Waals surface area (Å²) in [6.45, 7) is 0.848. The van der Waals surface area contributed by atoms with Crippen molar-refractivity contribution in [3.8, 4) is 0 Å². The molecule has 1 aliphatic carbocycles. The Morgan fingerprint density at radius 3 is 2.57 bits per heavy atom. The number of unbranched alkanes of at least 4 members (excludes halogenated alkanes) is 1. The zero-order chi connectivity index (χ0) is 10.2. The summed E-state index contributed by atoms with van der Waals surface area (Å²) in [6, 6.07) is 0. The molecule has 0 unspecified atom stereocenters. The summed E-state index contributed by atoms with van der Waals surface area (Å²) in [7, 11) is 0. The smallest absolute Gasteiger partial charge is 0.223 e. The van der Waals surface area contributed by atoms with E-state index in [0.717, 1.165) is 37.6 Å². The minimum absolute atomic E-state index is 0.291. The van der Waals surface area contributed by atoms with Gasteiger partial charge in [0.05, 0.1) is 0 Å². The lowest BCUT2D eigenvalue weighted by Gasteiger charge is -2.20. The summed E-state index contributed by atoms with van der Waals surface area (Å²) in [5.41, 5.74) is 0. The molecule has 2 nitrogen and oxygen atoms in total. The Kier molecular flexibility index (Phi) is 6.24. The first kappa shape index (κ1) is 12.0. The van der Waals surface area contributed by atoms with Gasteiger partial charge in [0.15, 0.2) is 0 Å². The molecule has 0 aliphatic heterocycles. The SMILES string of the molecule is O=C(NCCCCBr)C1CCCCC1. The molecule has 1 N–H and O–H groups in total. The molecule has 1 aliphatic rings. The number of hydrogen-bond donors (Lipinski definition) is 1. The van der Waals surface area contributed by atoms with E-state index in [9.17, 15) is 4.79 Å². The Bertz CT molecular complexity index is 167. The number of nitrogens with one attached hydrogen (secondary N) is 1. The molecule has 0 radical (unpaired) electrons. The molecule has 1 rings (SSSR count). The summed E-state index contributed by atoms with van der Waals surface area (Å²) in [5, 5.41) is 4.06. The zero-order valence-corrected chi connectivity index (χ0v) is 10.3. The first-order valence-corrected chi connectivity index (χ1v) is 6.80. The van der Waals surface area contributed by atoms with Gasteiger partial charge in [-0.2, -0.15) is 0 Å². The molecule has 0 spiro atoms. The molecular formula is C11H20BrNO. The Hall–Kier alpha value is -0.0500. The molecule has 82 valence electrons. The zero-order valence-electron chi connectivity index (χ0n) is 8.73. The maximum absolute atomic E-state index is 11.6. The van der Waals surface area contributed by atoms with E-state index in [4.69, 9.17) is 0 Å². The van der Waals surface area contributed by atoms with Crippen molar-refractivity contribution >= 4 is 21.8 Å². The van der Waals surface area contributed by atoms with E-state index in [1.54, 1.807) is 0 Å². The second-order valence-corrected chi connectivity index (χ2v) is 4.82. The van der Waals surface area contributed by atoms with Crippen molar-refractivity contribution in [2.45, 2.75) is 44.9 Å². The molecule has 1 saturated carbocycles. The number of alkyl halides is 1. The van der Waals surface area contributed by atoms with Crippen LogP contribution in [0.5, 0.6) is 0 Å². The van der Waals surface area contributed by atoms with Gasteiger partial charge in [-0.1, -0.05) is 35.2 Å². The van der Waals surface area contributed by atoms with E-state index < -0.39 is 0 Å². The van der Waals surface area contributed by atoms with E-state index >= 15 is 0 Å². The van der Waals surface area contributed by atoms with Crippen molar-refractivity contribution in [1.29, 1.82) is 0 Å². The third kappa shape index (κ3) is 4.45. The van der Waals surface area contributed by atoms with Crippen molar-refractivity contribution in [3.05, 3.63) is 0 Å². The van der Waals surface area contributed by atoms with Gasteiger partial charge < -0.3 is 5.32 Å². The number of hydrogen-bond acceptors (Lipinski definition) is 1. The standard InChI is InChI=1S/C11H20BrNO/c12-8-4-5-9-13-11(14)10-6-2-1-3-7-10/h10H,1-9H2,(H,13,14). The Morgan fingerprint density at radius 1 is 1.21 bits per heavy atom. The summed E-state index contributed by atoms with van der Waals surface area (Å²) in [6.07, 6.45) is 8.22. The molecular weight excluding hydrogens is 242 g/mol. The van der Waals surface area contributed by atoms with E-state index in [2.05, 4.69) is 21.2 Å². The Morgan fingerprint density at radius 2 is 1.93 bits per heavy atom. The Labute approximate surface area is 95.0 Å². The lowest BCUT2D eigenvalue weighted by Crippen LogP contribution is -2.32. The second-order valence-electron chi connectivity index (χ2n) is 4.02. The van der Waals surface area contributed by atoms with Crippen molar-refractivity contribution in [2.24, 2.45) is 5.92 Å². The van der Waals surface area contributed by atoms with Crippen LogP contribution in [0.15, 0.2) is 0 Å². The van der Waals surface area contributed by atoms with Crippen molar-refractivity contribution in [1.82, 2.24) is 5.32 Å². The van der Waals surface area contributed by atoms with Crippen LogP contribution in [-0.2, 0) is 4.79 Å². The topological polar surface area (TPSA) is 29.1 Å². The van der Waals surface area contributed by atoms with Gasteiger partial charge in [0, 0.05) is 17.8 Å². The quantitative estimate of drug-likeness (QED) is 0.599. The molecule has 0 heterocycles. The van der Waals surface area contributed by atoms with Crippen LogP contribution in [0, 0.1) is 5.92 Å². The summed E-state index contributed by atoms with van der Waals surface area (Å²) in [5.74, 6) is 0.604. The number of carbonyl (C=O) groups excluding carboxylic acids is 1. The average molecular weight is 262 g/mol. The highest BCUT2D eigenvalue weighted by molar-refractivity contribution is 9.09. The highest BCUT2D eigenvalue weighted by Gasteiger charge is 2.20. The van der Waals surface area contributed by atoms with Crippen molar-refractivity contribution < 1.29 is 4.79 Å². The molecule has 0 aromatic carbocycles. The summed E-state index contributed by atoms with van der Waals surface area (Å²) < 4.78 is 0. The largest absolute Gasteiger partial charge is 0.356 e. The maximum atomic E-state index is 11.6. The van der Waals surface area contributed by atoms with Crippen LogP contribution >= 0.6 is 15.9 Å². The van der Waals surface area contributed by atoms with Gasteiger partial charge in [0.25, 0.3) is 0 Å². The van der Waals surface area contributed by atoms with Gasteiger partial charge >= 0.3 is 0 Å². The molecule has 1 fully saturated rings. The molecule has 0 atom stereocenters. The summed E-state index contributed by atoms with van der Waals surface area (Å²) in [4.78, 5) is 11.6. The van der Waals surface area contributed by atoms with Gasteiger partial charge in [-0.15, -0.1) is 0 Å². The van der Waals surface area contributed by atoms with Crippen LogP contribution in [0.3, 0.4) is 0 Å². The van der Waals surface area contributed by atoms with Crippen LogP contribution in [-0.4, -0.2) is 17.8 Å². The number of rotatable bonds is 5. The Balaban J connectivity index is 2.07. The van der Waals surface area contributed by atoms with Crippen molar-refractivity contribution in [2.75, 3.05) is 11.9 Å². The van der Waals surface area contributed by atoms with E-state index in [1.807, 2.05) is 0 Å². The van der Waals surface area contributed by atoms with Gasteiger partial charge in [-0.3, -0.25) is 4.79 Å². The summed E-state index contributed by atoms with van der Waals surface area (Å²) >= 11 is 3.38. The minimum Gasteiger partial charge on any atom is -0.356 e. The molecule has 14 heavy (non-hydrogen) atoms. The van der Waals surface area contributed by atoms with Crippen LogP contribution in [0.1, 0.15) is 44.9 Å². The van der Waals surface area contributed by atoms with Crippen molar-refractivity contribution in [3.63, 3.8) is 0 Å². The number of amides is 1. The molecule has 0 aromatic rings. The monoisotopic (exact) mass is 261 g/mol. The fourth-order valence-electron chi connectivity index (χ4n) is 1.94. The normalized spacial score (nSPS) is 18.1. The fourth-order valence-corrected chi connectivity index (χ4v) is 2.34. The molecule has 3 heteroatoms. The highest BCUT2D eigenvalue weighted by Crippen LogP contribution is 2.23. The average Bonchev–Trinajstić information content (AvgIpc) is 2.25. The van der Waals surface area contributed by atoms with E-state index in [-0.39, 0.29) is 0 Å². The van der Waals surface area contributed by atoms with Crippen LogP contribution in [0.25, 0.3) is 0 Å². The fraction of sp³-hybridized carbons (Fsp3) is 0.909. The van der Waals surface area contributed by atoms with Gasteiger partial charge in [0.2, 0.25) is 5.91 Å². The highest BCUT2D eigenvalue weighted by atomic mass is 79.9. The maximum Gasteiger partial charge on any atom is 0.223 e. The lowest BCUT2D eigenvalue weighted by molar-refractivity contribution is -0.125. The third-order valence-electron chi connectivity index (χ3n) is 2.84. The minimum atomic E-state index is 0.291. The second kappa shape index (κ2) is 7.27. The van der Waals surface area contributed by atoms with E-state index in [1.165, 1.54) is 19.3 Å². The molecule has 1 amide bonds. The predicted molar refractivity (Wildman–Crippen MR) is 62.6 cm³/mol. The molecule has 0 saturated heterocycles.